The maximum atomic E-state index is 11.6. The maximum absolute atomic E-state index is 11.6. The first-order valence-corrected chi connectivity index (χ1v) is 6.45. The van der Waals surface area contributed by atoms with E-state index in [-0.39, 0.29) is 18.1 Å². The van der Waals surface area contributed by atoms with E-state index in [9.17, 15) is 9.59 Å². The van der Waals surface area contributed by atoms with Crippen LogP contribution in [0.2, 0.25) is 0 Å². The zero-order valence-electron chi connectivity index (χ0n) is 12.2. The molecule has 1 heterocycles. The molecule has 1 aliphatic rings. The Hall–Kier alpha value is -1.30. The molecule has 1 saturated heterocycles. The molecule has 0 spiro atoms. The summed E-state index contributed by atoms with van der Waals surface area (Å²) < 4.78 is 15.4. The Kier molecular flexibility index (Phi) is 5.17. The Balaban J connectivity index is 2.41. The molecular formula is C13H23NO5. The van der Waals surface area contributed by atoms with Crippen molar-refractivity contribution in [3.63, 3.8) is 0 Å². The van der Waals surface area contributed by atoms with Gasteiger partial charge in [0.2, 0.25) is 0 Å². The fourth-order valence-corrected chi connectivity index (χ4v) is 1.92. The number of hydrogen-bond acceptors (Lipinski definition) is 5. The maximum Gasteiger partial charge on any atom is 0.407 e. The van der Waals surface area contributed by atoms with Crippen LogP contribution in [-0.4, -0.2) is 43.0 Å². The van der Waals surface area contributed by atoms with Gasteiger partial charge in [-0.3, -0.25) is 0 Å². The monoisotopic (exact) mass is 273 g/mol. The first kappa shape index (κ1) is 15.8. The van der Waals surface area contributed by atoms with Crippen LogP contribution in [0, 0.1) is 0 Å². The lowest BCUT2D eigenvalue weighted by Gasteiger charge is -2.24. The first-order valence-electron chi connectivity index (χ1n) is 6.45. The molecule has 19 heavy (non-hydrogen) atoms. The molecule has 3 atom stereocenters. The minimum Gasteiger partial charge on any atom is -0.467 e. The van der Waals surface area contributed by atoms with E-state index in [2.05, 4.69) is 10.1 Å². The molecule has 0 bridgehead atoms. The summed E-state index contributed by atoms with van der Waals surface area (Å²) in [6.07, 6.45) is 0.105. The molecule has 1 rings (SSSR count). The number of amides is 1. The Morgan fingerprint density at radius 2 is 1.95 bits per heavy atom. The van der Waals surface area contributed by atoms with Crippen LogP contribution in [0.5, 0.6) is 0 Å². The Morgan fingerprint density at radius 1 is 1.32 bits per heavy atom. The van der Waals surface area contributed by atoms with E-state index in [1.807, 2.05) is 6.92 Å². The molecule has 0 aromatic rings. The number of esters is 1. The van der Waals surface area contributed by atoms with Gasteiger partial charge in [0.15, 0.2) is 6.10 Å². The van der Waals surface area contributed by atoms with Gasteiger partial charge in [-0.1, -0.05) is 0 Å². The van der Waals surface area contributed by atoms with Crippen molar-refractivity contribution in [3.05, 3.63) is 0 Å². The largest absolute Gasteiger partial charge is 0.467 e. The van der Waals surface area contributed by atoms with Crippen LogP contribution < -0.4 is 5.32 Å². The molecule has 1 aliphatic heterocycles. The van der Waals surface area contributed by atoms with Crippen molar-refractivity contribution in [1.29, 1.82) is 0 Å². The van der Waals surface area contributed by atoms with Gasteiger partial charge in [-0.15, -0.1) is 0 Å². The van der Waals surface area contributed by atoms with Crippen LogP contribution in [0.1, 0.15) is 40.5 Å². The Morgan fingerprint density at radius 3 is 2.47 bits per heavy atom. The molecule has 1 fully saturated rings. The van der Waals surface area contributed by atoms with Crippen molar-refractivity contribution in [3.8, 4) is 0 Å². The standard InChI is InChI=1S/C13H23NO5/c1-8(14-12(16)19-13(2,3)4)9-6-7-10(18-9)11(15)17-5/h8-10H,6-7H2,1-5H3,(H,14,16)/t8-,9+,10+/m0/s1. The molecule has 0 aromatic heterocycles. The lowest BCUT2D eigenvalue weighted by atomic mass is 10.1. The van der Waals surface area contributed by atoms with Gasteiger partial charge in [0.05, 0.1) is 19.3 Å². The normalized spacial score (nSPS) is 24.7. The molecule has 0 radical (unpaired) electrons. The Labute approximate surface area is 113 Å². The summed E-state index contributed by atoms with van der Waals surface area (Å²) in [5, 5.41) is 2.72. The summed E-state index contributed by atoms with van der Waals surface area (Å²) in [4.78, 5) is 22.9. The highest BCUT2D eigenvalue weighted by molar-refractivity contribution is 5.74. The average molecular weight is 273 g/mol. The van der Waals surface area contributed by atoms with Gasteiger partial charge >= 0.3 is 12.1 Å². The van der Waals surface area contributed by atoms with Gasteiger partial charge in [-0.2, -0.15) is 0 Å². The van der Waals surface area contributed by atoms with Gasteiger partial charge in [0.1, 0.15) is 5.60 Å². The number of hydrogen-bond donors (Lipinski definition) is 1. The van der Waals surface area contributed by atoms with Crippen LogP contribution in [0.3, 0.4) is 0 Å². The van der Waals surface area contributed by atoms with Gasteiger partial charge < -0.3 is 19.5 Å². The quantitative estimate of drug-likeness (QED) is 0.791. The van der Waals surface area contributed by atoms with E-state index in [1.165, 1.54) is 7.11 Å². The zero-order chi connectivity index (χ0) is 14.6. The third-order valence-electron chi connectivity index (χ3n) is 2.82. The highest BCUT2D eigenvalue weighted by atomic mass is 16.6. The summed E-state index contributed by atoms with van der Waals surface area (Å²) in [6.45, 7) is 7.23. The van der Waals surface area contributed by atoms with E-state index < -0.39 is 17.8 Å². The van der Waals surface area contributed by atoms with Crippen LogP contribution in [0.25, 0.3) is 0 Å². The lowest BCUT2D eigenvalue weighted by molar-refractivity contribution is -0.153. The van der Waals surface area contributed by atoms with Gasteiger partial charge in [-0.25, -0.2) is 9.59 Å². The van der Waals surface area contributed by atoms with Crippen molar-refractivity contribution in [2.24, 2.45) is 0 Å². The molecule has 0 aliphatic carbocycles. The summed E-state index contributed by atoms with van der Waals surface area (Å²) >= 11 is 0. The smallest absolute Gasteiger partial charge is 0.407 e. The topological polar surface area (TPSA) is 73.9 Å². The third kappa shape index (κ3) is 5.06. The number of rotatable bonds is 3. The van der Waals surface area contributed by atoms with Gasteiger partial charge in [0.25, 0.3) is 0 Å². The van der Waals surface area contributed by atoms with Crippen LogP contribution in [0.15, 0.2) is 0 Å². The molecule has 0 unspecified atom stereocenters. The number of carbonyl (C=O) groups is 2. The molecule has 0 saturated carbocycles. The second-order valence-electron chi connectivity index (χ2n) is 5.70. The van der Waals surface area contributed by atoms with E-state index in [0.29, 0.717) is 12.8 Å². The zero-order valence-corrected chi connectivity index (χ0v) is 12.2. The summed E-state index contributed by atoms with van der Waals surface area (Å²) in [5.41, 5.74) is -0.533. The van der Waals surface area contributed by atoms with E-state index in [1.54, 1.807) is 20.8 Å². The van der Waals surface area contributed by atoms with Gasteiger partial charge in [-0.05, 0) is 40.5 Å². The molecule has 6 nitrogen and oxygen atoms in total. The molecule has 1 N–H and O–H groups in total. The van der Waals surface area contributed by atoms with Crippen molar-refractivity contribution in [2.75, 3.05) is 7.11 Å². The van der Waals surface area contributed by atoms with Gasteiger partial charge in [0, 0.05) is 0 Å². The first-order chi connectivity index (χ1) is 8.73. The summed E-state index contributed by atoms with van der Waals surface area (Å²) in [6, 6.07) is -0.218. The summed E-state index contributed by atoms with van der Waals surface area (Å²) in [7, 11) is 1.33. The molecule has 1 amide bonds. The number of methoxy groups -OCH3 is 1. The number of ether oxygens (including phenoxy) is 3. The van der Waals surface area contributed by atoms with Crippen LogP contribution in [-0.2, 0) is 19.0 Å². The van der Waals surface area contributed by atoms with Crippen LogP contribution in [0.4, 0.5) is 4.79 Å². The molecule has 6 heteroatoms. The second-order valence-corrected chi connectivity index (χ2v) is 5.70. The van der Waals surface area contributed by atoms with E-state index >= 15 is 0 Å². The highest BCUT2D eigenvalue weighted by Gasteiger charge is 2.35. The second kappa shape index (κ2) is 6.23. The average Bonchev–Trinajstić information content (AvgIpc) is 2.74. The molecule has 110 valence electrons. The van der Waals surface area contributed by atoms with E-state index in [4.69, 9.17) is 9.47 Å². The van der Waals surface area contributed by atoms with E-state index in [0.717, 1.165) is 0 Å². The SMILES string of the molecule is COC(=O)[C@H]1CC[C@H]([C@H](C)NC(=O)OC(C)(C)C)O1. The minimum atomic E-state index is -0.533. The van der Waals surface area contributed by atoms with Crippen molar-refractivity contribution < 1.29 is 23.8 Å². The molecular weight excluding hydrogens is 250 g/mol. The predicted octanol–water partition coefficient (Wildman–Crippen LogP) is 1.62. The number of carbonyl (C=O) groups excluding carboxylic acids is 2. The van der Waals surface area contributed by atoms with Crippen molar-refractivity contribution in [2.45, 2.75) is 64.4 Å². The number of alkyl carbamates (subject to hydrolysis) is 1. The van der Waals surface area contributed by atoms with Crippen molar-refractivity contribution in [1.82, 2.24) is 5.32 Å². The van der Waals surface area contributed by atoms with Crippen molar-refractivity contribution >= 4 is 12.1 Å². The molecule has 0 aromatic carbocycles. The third-order valence-corrected chi connectivity index (χ3v) is 2.82. The Bertz CT molecular complexity index is 336. The predicted molar refractivity (Wildman–Crippen MR) is 68.7 cm³/mol. The number of nitrogens with one attached hydrogen (secondary N) is 1. The fourth-order valence-electron chi connectivity index (χ4n) is 1.92. The lowest BCUT2D eigenvalue weighted by Crippen LogP contribution is -2.44. The fraction of sp³-hybridized carbons (Fsp3) is 0.846. The summed E-state index contributed by atoms with van der Waals surface area (Å²) in [5.74, 6) is -0.369. The minimum absolute atomic E-state index is 0.198. The highest BCUT2D eigenvalue weighted by Crippen LogP contribution is 2.23. The van der Waals surface area contributed by atoms with Crippen LogP contribution >= 0.6 is 0 Å².